The molecule has 2 fully saturated rings. The van der Waals surface area contributed by atoms with E-state index in [-0.39, 0.29) is 23.0 Å². The van der Waals surface area contributed by atoms with Crippen LogP contribution in [0.4, 0.5) is 0 Å². The van der Waals surface area contributed by atoms with Crippen molar-refractivity contribution >= 4 is 29.8 Å². The molecule has 2 aliphatic carbocycles. The van der Waals surface area contributed by atoms with Gasteiger partial charge in [0, 0.05) is 11.8 Å². The maximum atomic E-state index is 14.0. The third kappa shape index (κ3) is 2.67. The fourth-order valence-corrected chi connectivity index (χ4v) is 7.79. The van der Waals surface area contributed by atoms with E-state index in [1.807, 2.05) is 24.3 Å². The minimum absolute atomic E-state index is 0.282. The number of esters is 5. The van der Waals surface area contributed by atoms with E-state index in [1.54, 1.807) is 0 Å². The Bertz CT molecular complexity index is 1180. The van der Waals surface area contributed by atoms with E-state index < -0.39 is 59.3 Å². The summed E-state index contributed by atoms with van der Waals surface area (Å²) in [6.07, 6.45) is 0.571. The summed E-state index contributed by atoms with van der Waals surface area (Å²) in [6, 6.07) is 7.66. The largest absolute Gasteiger partial charge is 0.468 e. The Balaban J connectivity index is 1.95. The van der Waals surface area contributed by atoms with Crippen LogP contribution in [0.3, 0.4) is 0 Å². The molecule has 4 aliphatic rings. The standard InChI is InChI=1S/C26H27NO10/c1-33-16(28)11-27-25(23(31)36-4)17-14-10-15(13-9-7-6-8-12(13)14)18(17)26(27,24(32)37-5)20(22(30)35-3)19(25)21(29)34-2/h6-9,14-15,17-18H,10-11H2,1-5H3. The normalized spacial score (nSPS) is 32.5. The molecule has 1 aromatic carbocycles. The molecule has 2 aliphatic heterocycles. The van der Waals surface area contributed by atoms with Crippen LogP contribution in [0, 0.1) is 11.8 Å². The highest BCUT2D eigenvalue weighted by molar-refractivity contribution is 6.17. The molecule has 6 unspecified atom stereocenters. The number of hydrogen-bond donors (Lipinski definition) is 0. The first-order valence-corrected chi connectivity index (χ1v) is 11.7. The first-order valence-electron chi connectivity index (χ1n) is 11.7. The number of fused-ring (bicyclic) bond motifs is 12. The van der Waals surface area contributed by atoms with Gasteiger partial charge in [0.1, 0.15) is 0 Å². The van der Waals surface area contributed by atoms with Gasteiger partial charge in [-0.2, -0.15) is 0 Å². The van der Waals surface area contributed by atoms with E-state index in [9.17, 15) is 24.0 Å². The third-order valence-electron chi connectivity index (χ3n) is 8.67. The molecule has 0 N–H and O–H groups in total. The van der Waals surface area contributed by atoms with Gasteiger partial charge in [-0.15, -0.1) is 0 Å². The van der Waals surface area contributed by atoms with Crippen molar-refractivity contribution in [2.24, 2.45) is 11.8 Å². The fourth-order valence-electron chi connectivity index (χ4n) is 7.79. The molecule has 11 heteroatoms. The van der Waals surface area contributed by atoms with Gasteiger partial charge >= 0.3 is 29.8 Å². The Labute approximate surface area is 212 Å². The lowest BCUT2D eigenvalue weighted by Gasteiger charge is -2.42. The van der Waals surface area contributed by atoms with Crippen LogP contribution in [-0.2, 0) is 47.7 Å². The topological polar surface area (TPSA) is 135 Å². The average Bonchev–Trinajstić information content (AvgIpc) is 3.64. The van der Waals surface area contributed by atoms with Crippen LogP contribution in [0.5, 0.6) is 0 Å². The molecule has 196 valence electrons. The van der Waals surface area contributed by atoms with Crippen LogP contribution in [-0.4, -0.2) is 87.9 Å². The molecule has 0 amide bonds. The molecule has 0 spiro atoms. The number of methoxy groups -OCH3 is 5. The summed E-state index contributed by atoms with van der Waals surface area (Å²) >= 11 is 0. The molecule has 4 bridgehead atoms. The molecule has 1 saturated carbocycles. The van der Waals surface area contributed by atoms with Crippen LogP contribution in [0.25, 0.3) is 0 Å². The lowest BCUT2D eigenvalue weighted by atomic mass is 9.58. The van der Waals surface area contributed by atoms with Crippen LogP contribution < -0.4 is 0 Å². The highest BCUT2D eigenvalue weighted by Crippen LogP contribution is 2.76. The molecule has 0 aromatic heterocycles. The van der Waals surface area contributed by atoms with Crippen molar-refractivity contribution in [1.82, 2.24) is 4.90 Å². The molecule has 1 saturated heterocycles. The molecule has 2 heterocycles. The number of carbonyl (C=O) groups excluding carboxylic acids is 5. The number of rotatable bonds is 6. The van der Waals surface area contributed by atoms with Crippen LogP contribution in [0.15, 0.2) is 35.4 Å². The van der Waals surface area contributed by atoms with Crippen molar-refractivity contribution in [1.29, 1.82) is 0 Å². The summed E-state index contributed by atoms with van der Waals surface area (Å²) in [5.74, 6) is -6.62. The van der Waals surface area contributed by atoms with Gasteiger partial charge in [-0.05, 0) is 29.4 Å². The Kier molecular flexibility index (Phi) is 5.67. The number of ether oxygens (including phenoxy) is 5. The van der Waals surface area contributed by atoms with E-state index in [1.165, 1.54) is 4.90 Å². The lowest BCUT2D eigenvalue weighted by molar-refractivity contribution is -0.165. The monoisotopic (exact) mass is 513 g/mol. The van der Waals surface area contributed by atoms with Crippen LogP contribution >= 0.6 is 0 Å². The predicted octanol–water partition coefficient (Wildman–Crippen LogP) is 0.472. The quantitative estimate of drug-likeness (QED) is 0.388. The van der Waals surface area contributed by atoms with E-state index in [4.69, 9.17) is 23.7 Å². The molecular formula is C26H27NO10. The molecule has 1 aromatic rings. The molecule has 37 heavy (non-hydrogen) atoms. The van der Waals surface area contributed by atoms with E-state index in [2.05, 4.69) is 0 Å². The molecule has 11 nitrogen and oxygen atoms in total. The highest BCUT2D eigenvalue weighted by Gasteiger charge is 2.87. The van der Waals surface area contributed by atoms with Crippen molar-refractivity contribution in [3.05, 3.63) is 46.5 Å². The summed E-state index contributed by atoms with van der Waals surface area (Å²) in [5, 5.41) is 0. The minimum Gasteiger partial charge on any atom is -0.468 e. The first kappa shape index (κ1) is 24.9. The summed E-state index contributed by atoms with van der Waals surface area (Å²) in [5.41, 5.74) is -2.85. The van der Waals surface area contributed by atoms with Gasteiger partial charge < -0.3 is 23.7 Å². The van der Waals surface area contributed by atoms with Gasteiger partial charge in [0.2, 0.25) is 0 Å². The molecule has 0 radical (unpaired) electrons. The van der Waals surface area contributed by atoms with Gasteiger partial charge in [-0.25, -0.2) is 19.2 Å². The van der Waals surface area contributed by atoms with Crippen LogP contribution in [0.1, 0.15) is 29.4 Å². The second-order valence-electron chi connectivity index (χ2n) is 9.54. The van der Waals surface area contributed by atoms with Gasteiger partial charge in [-0.3, -0.25) is 9.69 Å². The molecular weight excluding hydrogens is 486 g/mol. The zero-order valence-electron chi connectivity index (χ0n) is 21.1. The zero-order valence-corrected chi connectivity index (χ0v) is 21.1. The third-order valence-corrected chi connectivity index (χ3v) is 8.67. The Morgan fingerprint density at radius 1 is 0.730 bits per heavy atom. The predicted molar refractivity (Wildman–Crippen MR) is 123 cm³/mol. The Hall–Kier alpha value is -3.73. The number of nitrogens with zero attached hydrogens (tertiary/aromatic N) is 1. The van der Waals surface area contributed by atoms with E-state index >= 15 is 0 Å². The van der Waals surface area contributed by atoms with Gasteiger partial charge in [0.25, 0.3) is 0 Å². The van der Waals surface area contributed by atoms with Crippen molar-refractivity contribution in [2.75, 3.05) is 42.1 Å². The summed E-state index contributed by atoms with van der Waals surface area (Å²) in [7, 11) is 5.65. The minimum atomic E-state index is -2.02. The maximum absolute atomic E-state index is 14.0. The second-order valence-corrected chi connectivity index (χ2v) is 9.54. The van der Waals surface area contributed by atoms with Gasteiger partial charge in [0.05, 0.1) is 53.2 Å². The number of hydrogen-bond acceptors (Lipinski definition) is 11. The molecule has 6 atom stereocenters. The lowest BCUT2D eigenvalue weighted by Crippen LogP contribution is -2.62. The van der Waals surface area contributed by atoms with Crippen molar-refractivity contribution in [3.63, 3.8) is 0 Å². The number of benzene rings is 1. The van der Waals surface area contributed by atoms with Gasteiger partial charge in [0.15, 0.2) is 11.1 Å². The maximum Gasteiger partial charge on any atom is 0.336 e. The average molecular weight is 513 g/mol. The van der Waals surface area contributed by atoms with Crippen LogP contribution in [0.2, 0.25) is 0 Å². The summed E-state index contributed by atoms with van der Waals surface area (Å²) < 4.78 is 25.6. The second kappa shape index (κ2) is 8.41. The Morgan fingerprint density at radius 3 is 1.51 bits per heavy atom. The smallest absolute Gasteiger partial charge is 0.336 e. The van der Waals surface area contributed by atoms with E-state index in [0.29, 0.717) is 6.42 Å². The Morgan fingerprint density at radius 2 is 1.16 bits per heavy atom. The van der Waals surface area contributed by atoms with E-state index in [0.717, 1.165) is 46.7 Å². The zero-order chi connectivity index (χ0) is 26.9. The summed E-state index contributed by atoms with van der Waals surface area (Å²) in [4.78, 5) is 68.9. The molecule has 5 rings (SSSR count). The highest BCUT2D eigenvalue weighted by atomic mass is 16.5. The summed E-state index contributed by atoms with van der Waals surface area (Å²) in [6.45, 7) is -0.607. The number of carbonyl (C=O) groups is 5. The van der Waals surface area contributed by atoms with Crippen molar-refractivity contribution in [3.8, 4) is 0 Å². The first-order chi connectivity index (χ1) is 17.7. The fraction of sp³-hybridized carbons (Fsp3) is 0.500. The van der Waals surface area contributed by atoms with Crippen molar-refractivity contribution < 1.29 is 47.7 Å². The van der Waals surface area contributed by atoms with Gasteiger partial charge in [-0.1, -0.05) is 24.3 Å². The SMILES string of the molecule is COC(=O)CN1C2(C(=O)OC)C(C(=O)OC)=C(C(=O)OC)C1(C(=O)OC)C1C3CC(c4ccccc43)C12. The van der Waals surface area contributed by atoms with Crippen molar-refractivity contribution in [2.45, 2.75) is 29.3 Å².